The zero-order chi connectivity index (χ0) is 9.68. The molecule has 3 atom stereocenters. The lowest BCUT2D eigenvalue weighted by molar-refractivity contribution is 0.0144. The van der Waals surface area contributed by atoms with E-state index in [0.29, 0.717) is 5.92 Å². The van der Waals surface area contributed by atoms with E-state index in [0.717, 1.165) is 32.2 Å². The first kappa shape index (κ1) is 11.0. The molecule has 0 spiro atoms. The van der Waals surface area contributed by atoms with Crippen molar-refractivity contribution in [1.29, 1.82) is 0 Å². The Morgan fingerprint density at radius 1 is 1.38 bits per heavy atom. The van der Waals surface area contributed by atoms with Crippen LogP contribution >= 0.6 is 0 Å². The Morgan fingerprint density at radius 2 is 2.15 bits per heavy atom. The summed E-state index contributed by atoms with van der Waals surface area (Å²) in [6, 6.07) is 0. The van der Waals surface area contributed by atoms with Gasteiger partial charge >= 0.3 is 0 Å². The molecule has 3 unspecified atom stereocenters. The lowest BCUT2D eigenvalue weighted by Crippen LogP contribution is -2.32. The normalized spacial score (nSPS) is 34.8. The molecule has 1 fully saturated rings. The van der Waals surface area contributed by atoms with E-state index in [9.17, 15) is 5.11 Å². The minimum absolute atomic E-state index is 0.130. The highest BCUT2D eigenvalue weighted by atomic mass is 16.3. The number of nitrogens with one attached hydrogen (secondary N) is 1. The molecule has 0 heterocycles. The molecule has 0 bridgehead atoms. The second kappa shape index (κ2) is 5.58. The summed E-state index contributed by atoms with van der Waals surface area (Å²) in [7, 11) is 1.95. The number of rotatable bonds is 4. The maximum absolute atomic E-state index is 9.66. The molecule has 0 saturated heterocycles. The van der Waals surface area contributed by atoms with Crippen LogP contribution in [0, 0.1) is 11.8 Å². The highest BCUT2D eigenvalue weighted by Gasteiger charge is 2.27. The van der Waals surface area contributed by atoms with Gasteiger partial charge in [-0.1, -0.05) is 0 Å². The molecule has 0 aromatic heterocycles. The van der Waals surface area contributed by atoms with Gasteiger partial charge in [0.25, 0.3) is 0 Å². The van der Waals surface area contributed by atoms with Crippen LogP contribution in [0.15, 0.2) is 0 Å². The fourth-order valence-electron chi connectivity index (χ4n) is 2.12. The minimum Gasteiger partial charge on any atom is -0.396 e. The van der Waals surface area contributed by atoms with Crippen LogP contribution < -0.4 is 5.32 Å². The van der Waals surface area contributed by atoms with Crippen molar-refractivity contribution >= 4 is 0 Å². The van der Waals surface area contributed by atoms with Gasteiger partial charge in [0.1, 0.15) is 0 Å². The van der Waals surface area contributed by atoms with Crippen molar-refractivity contribution in [3.8, 4) is 0 Å². The van der Waals surface area contributed by atoms with Gasteiger partial charge in [-0.25, -0.2) is 0 Å². The van der Waals surface area contributed by atoms with Gasteiger partial charge in [-0.3, -0.25) is 0 Å². The molecule has 1 aliphatic carbocycles. The summed E-state index contributed by atoms with van der Waals surface area (Å²) in [6.07, 6.45) is 3.87. The molecular formula is C10H21NO2. The van der Waals surface area contributed by atoms with Crippen LogP contribution in [-0.4, -0.2) is 36.5 Å². The van der Waals surface area contributed by atoms with E-state index in [1.807, 2.05) is 7.05 Å². The summed E-state index contributed by atoms with van der Waals surface area (Å²) >= 11 is 0. The van der Waals surface area contributed by atoms with E-state index in [4.69, 9.17) is 5.11 Å². The molecular weight excluding hydrogens is 166 g/mol. The van der Waals surface area contributed by atoms with Crippen molar-refractivity contribution in [3.63, 3.8) is 0 Å². The van der Waals surface area contributed by atoms with Gasteiger partial charge in [-0.05, 0) is 45.2 Å². The van der Waals surface area contributed by atoms with E-state index in [-0.39, 0.29) is 18.6 Å². The van der Waals surface area contributed by atoms with Gasteiger partial charge in [0.05, 0.1) is 6.10 Å². The lowest BCUT2D eigenvalue weighted by atomic mass is 9.79. The van der Waals surface area contributed by atoms with Crippen molar-refractivity contribution in [3.05, 3.63) is 0 Å². The summed E-state index contributed by atoms with van der Waals surface area (Å²) in [5, 5.41) is 21.7. The van der Waals surface area contributed by atoms with Crippen LogP contribution in [0.25, 0.3) is 0 Å². The Morgan fingerprint density at radius 3 is 2.69 bits per heavy atom. The zero-order valence-electron chi connectivity index (χ0n) is 8.37. The molecule has 0 aliphatic heterocycles. The SMILES string of the molecule is CNCCC1CCC(CO)C(O)C1. The smallest absolute Gasteiger partial charge is 0.0592 e. The number of hydrogen-bond acceptors (Lipinski definition) is 3. The molecule has 78 valence electrons. The van der Waals surface area contributed by atoms with Crippen molar-refractivity contribution in [1.82, 2.24) is 5.32 Å². The van der Waals surface area contributed by atoms with E-state index in [2.05, 4.69) is 5.32 Å². The van der Waals surface area contributed by atoms with Crippen molar-refractivity contribution in [2.75, 3.05) is 20.2 Å². The van der Waals surface area contributed by atoms with Gasteiger partial charge in [-0.2, -0.15) is 0 Å². The Balaban J connectivity index is 2.24. The minimum atomic E-state index is -0.277. The van der Waals surface area contributed by atoms with Gasteiger partial charge in [0.2, 0.25) is 0 Å². The molecule has 0 aromatic carbocycles. The van der Waals surface area contributed by atoms with Gasteiger partial charge in [0, 0.05) is 12.5 Å². The number of aliphatic hydroxyl groups is 2. The Bertz CT molecular complexity index is 141. The number of aliphatic hydroxyl groups excluding tert-OH is 2. The highest BCUT2D eigenvalue weighted by molar-refractivity contribution is 4.79. The largest absolute Gasteiger partial charge is 0.396 e. The second-order valence-corrected chi connectivity index (χ2v) is 4.08. The summed E-state index contributed by atoms with van der Waals surface area (Å²) in [4.78, 5) is 0. The predicted molar refractivity (Wildman–Crippen MR) is 52.5 cm³/mol. The van der Waals surface area contributed by atoms with Gasteiger partial charge in [0.15, 0.2) is 0 Å². The Labute approximate surface area is 80.2 Å². The average Bonchev–Trinajstić information content (AvgIpc) is 2.15. The van der Waals surface area contributed by atoms with Crippen LogP contribution in [0.3, 0.4) is 0 Å². The van der Waals surface area contributed by atoms with E-state index >= 15 is 0 Å². The summed E-state index contributed by atoms with van der Waals surface area (Å²) in [6.45, 7) is 1.17. The quantitative estimate of drug-likeness (QED) is 0.596. The molecule has 0 radical (unpaired) electrons. The van der Waals surface area contributed by atoms with Gasteiger partial charge < -0.3 is 15.5 Å². The molecule has 1 saturated carbocycles. The third-order valence-corrected chi connectivity index (χ3v) is 3.10. The maximum atomic E-state index is 9.66. The summed E-state index contributed by atoms with van der Waals surface area (Å²) < 4.78 is 0. The fourth-order valence-corrected chi connectivity index (χ4v) is 2.12. The molecule has 0 aromatic rings. The molecule has 13 heavy (non-hydrogen) atoms. The maximum Gasteiger partial charge on any atom is 0.0592 e. The highest BCUT2D eigenvalue weighted by Crippen LogP contribution is 2.30. The summed E-state index contributed by atoms with van der Waals surface area (Å²) in [5.41, 5.74) is 0. The van der Waals surface area contributed by atoms with Crippen LogP contribution in [0.4, 0.5) is 0 Å². The molecule has 0 amide bonds. The van der Waals surface area contributed by atoms with Crippen LogP contribution in [0.1, 0.15) is 25.7 Å². The van der Waals surface area contributed by atoms with E-state index < -0.39 is 0 Å². The van der Waals surface area contributed by atoms with Crippen molar-refractivity contribution < 1.29 is 10.2 Å². The third-order valence-electron chi connectivity index (χ3n) is 3.10. The Kier molecular flexibility index (Phi) is 4.70. The zero-order valence-corrected chi connectivity index (χ0v) is 8.37. The first-order valence-corrected chi connectivity index (χ1v) is 5.21. The second-order valence-electron chi connectivity index (χ2n) is 4.08. The topological polar surface area (TPSA) is 52.5 Å². The first-order chi connectivity index (χ1) is 6.27. The molecule has 1 rings (SSSR count). The molecule has 1 aliphatic rings. The van der Waals surface area contributed by atoms with Crippen molar-refractivity contribution in [2.45, 2.75) is 31.8 Å². The molecule has 3 heteroatoms. The number of hydrogen-bond donors (Lipinski definition) is 3. The monoisotopic (exact) mass is 187 g/mol. The predicted octanol–water partition coefficient (Wildman–Crippen LogP) is 0.365. The van der Waals surface area contributed by atoms with Crippen LogP contribution in [-0.2, 0) is 0 Å². The lowest BCUT2D eigenvalue weighted by Gasteiger charge is -2.32. The van der Waals surface area contributed by atoms with E-state index in [1.165, 1.54) is 0 Å². The van der Waals surface area contributed by atoms with Gasteiger partial charge in [-0.15, -0.1) is 0 Å². The molecule has 3 nitrogen and oxygen atoms in total. The van der Waals surface area contributed by atoms with E-state index in [1.54, 1.807) is 0 Å². The van der Waals surface area contributed by atoms with Crippen molar-refractivity contribution in [2.24, 2.45) is 11.8 Å². The van der Waals surface area contributed by atoms with Crippen LogP contribution in [0.2, 0.25) is 0 Å². The fraction of sp³-hybridized carbons (Fsp3) is 1.00. The first-order valence-electron chi connectivity index (χ1n) is 5.21. The standard InChI is InChI=1S/C10H21NO2/c1-11-5-4-8-2-3-9(7-12)10(13)6-8/h8-13H,2-7H2,1H3. The Hall–Kier alpha value is -0.120. The molecule has 3 N–H and O–H groups in total. The third kappa shape index (κ3) is 3.25. The average molecular weight is 187 g/mol. The van der Waals surface area contributed by atoms with Crippen LogP contribution in [0.5, 0.6) is 0 Å². The summed E-state index contributed by atoms with van der Waals surface area (Å²) in [5.74, 6) is 0.774.